The number of anilines is 1. The topological polar surface area (TPSA) is 131 Å². The van der Waals surface area contributed by atoms with Crippen LogP contribution in [0.15, 0.2) is 77.3 Å². The monoisotopic (exact) mass is 522 g/mol. The Kier molecular flexibility index (Phi) is 6.55. The van der Waals surface area contributed by atoms with Gasteiger partial charge >= 0.3 is 0 Å². The van der Waals surface area contributed by atoms with Crippen molar-refractivity contribution in [2.24, 2.45) is 0 Å². The maximum Gasteiger partial charge on any atom is 0.240 e. The lowest BCUT2D eigenvalue weighted by Crippen LogP contribution is -2.29. The second-order valence-corrected chi connectivity index (χ2v) is 10.3. The van der Waals surface area contributed by atoms with Crippen LogP contribution in [0.25, 0.3) is 27.6 Å². The van der Waals surface area contributed by atoms with Crippen LogP contribution >= 0.6 is 11.3 Å². The van der Waals surface area contributed by atoms with Gasteiger partial charge in [0, 0.05) is 36.4 Å². The molecular weight excluding hydrogens is 500 g/mol. The van der Waals surface area contributed by atoms with Crippen LogP contribution in [0.3, 0.4) is 0 Å². The highest BCUT2D eigenvalue weighted by Gasteiger charge is 2.19. The van der Waals surface area contributed by atoms with Crippen LogP contribution in [0.1, 0.15) is 0 Å². The van der Waals surface area contributed by atoms with E-state index in [1.807, 2.05) is 46.3 Å². The summed E-state index contributed by atoms with van der Waals surface area (Å²) in [5.41, 5.74) is 3.22. The van der Waals surface area contributed by atoms with Crippen LogP contribution in [-0.4, -0.2) is 53.1 Å². The molecule has 0 saturated heterocycles. The number of aromatic hydroxyl groups is 1. The van der Waals surface area contributed by atoms with E-state index in [4.69, 9.17) is 9.72 Å². The van der Waals surface area contributed by atoms with Gasteiger partial charge in [-0.15, -0.1) is 11.3 Å². The summed E-state index contributed by atoms with van der Waals surface area (Å²) < 4.78 is 34.6. The van der Waals surface area contributed by atoms with Gasteiger partial charge in [-0.3, -0.25) is 4.40 Å². The molecule has 3 N–H and O–H groups in total. The number of phenols is 1. The molecule has 0 amide bonds. The van der Waals surface area contributed by atoms with Gasteiger partial charge in [-0.1, -0.05) is 0 Å². The van der Waals surface area contributed by atoms with E-state index in [-0.39, 0.29) is 23.7 Å². The lowest BCUT2D eigenvalue weighted by Gasteiger charge is -2.09. The Balaban J connectivity index is 1.34. The fraction of sp³-hybridized carbons (Fsp3) is 0.125. The number of hydrogen-bond donors (Lipinski definition) is 3. The molecule has 2 aromatic carbocycles. The van der Waals surface area contributed by atoms with Gasteiger partial charge < -0.3 is 15.2 Å². The minimum absolute atomic E-state index is 0.000656. The highest BCUT2D eigenvalue weighted by molar-refractivity contribution is 7.89. The van der Waals surface area contributed by atoms with Crippen molar-refractivity contribution in [3.05, 3.63) is 72.4 Å². The van der Waals surface area contributed by atoms with Crippen LogP contribution in [0.4, 0.5) is 5.95 Å². The summed E-state index contributed by atoms with van der Waals surface area (Å²) in [7, 11) is -2.07. The van der Waals surface area contributed by atoms with Crippen LogP contribution < -0.4 is 14.8 Å². The third kappa shape index (κ3) is 4.87. The van der Waals surface area contributed by atoms with Gasteiger partial charge in [0.1, 0.15) is 17.2 Å². The highest BCUT2D eigenvalue weighted by Crippen LogP contribution is 2.34. The summed E-state index contributed by atoms with van der Waals surface area (Å²) in [6.07, 6.45) is 3.59. The minimum atomic E-state index is -3.70. The maximum absolute atomic E-state index is 12.4. The predicted molar refractivity (Wildman–Crippen MR) is 138 cm³/mol. The van der Waals surface area contributed by atoms with E-state index in [1.165, 1.54) is 35.6 Å². The summed E-state index contributed by atoms with van der Waals surface area (Å²) in [5.74, 6) is 1.12. The molecule has 3 aromatic heterocycles. The summed E-state index contributed by atoms with van der Waals surface area (Å²) in [4.78, 5) is 14.7. The molecule has 12 heteroatoms. The Hall–Kier alpha value is -4.00. The second kappa shape index (κ2) is 9.93. The lowest BCUT2D eigenvalue weighted by atomic mass is 10.1. The first-order valence-electron chi connectivity index (χ1n) is 10.9. The standard InChI is InChI=1S/C24H22N6O4S2/c1-34-18-6-2-16(3-7-18)21-22(30-14-15-35-24(30)29-21)20-10-11-25-23(28-20)26-12-13-27-36(32,33)19-8-4-17(31)5-9-19/h2-11,14-15,27,31H,12-13H2,1H3,(H,25,26,28). The number of phenolic OH excluding ortho intramolecular Hbond substituents is 1. The molecule has 36 heavy (non-hydrogen) atoms. The van der Waals surface area contributed by atoms with Crippen LogP contribution in [-0.2, 0) is 10.0 Å². The largest absolute Gasteiger partial charge is 0.508 e. The zero-order valence-electron chi connectivity index (χ0n) is 19.1. The Morgan fingerprint density at radius 1 is 1.03 bits per heavy atom. The SMILES string of the molecule is COc1ccc(-c2nc3sccn3c2-c2ccnc(NCCNS(=O)(=O)c3ccc(O)cc3)n2)cc1. The normalized spacial score (nSPS) is 11.6. The summed E-state index contributed by atoms with van der Waals surface area (Å²) >= 11 is 1.53. The number of sulfonamides is 1. The summed E-state index contributed by atoms with van der Waals surface area (Å²) in [5, 5.41) is 14.4. The molecule has 0 radical (unpaired) electrons. The molecule has 184 valence electrons. The van der Waals surface area contributed by atoms with Gasteiger partial charge in [-0.05, 0) is 54.6 Å². The van der Waals surface area contributed by atoms with Crippen molar-refractivity contribution in [2.75, 3.05) is 25.5 Å². The third-order valence-corrected chi connectivity index (χ3v) is 7.60. The molecule has 5 rings (SSSR count). The van der Waals surface area contributed by atoms with Gasteiger partial charge in [-0.2, -0.15) is 0 Å². The van der Waals surface area contributed by atoms with Crippen molar-refractivity contribution >= 4 is 32.3 Å². The van der Waals surface area contributed by atoms with Gasteiger partial charge in [0.05, 0.1) is 23.4 Å². The minimum Gasteiger partial charge on any atom is -0.508 e. The van der Waals surface area contributed by atoms with Crippen molar-refractivity contribution in [1.29, 1.82) is 0 Å². The second-order valence-electron chi connectivity index (χ2n) is 7.68. The lowest BCUT2D eigenvalue weighted by molar-refractivity contribution is 0.415. The fourth-order valence-electron chi connectivity index (χ4n) is 3.62. The predicted octanol–water partition coefficient (Wildman–Crippen LogP) is 3.62. The average molecular weight is 523 g/mol. The number of nitrogens with zero attached hydrogens (tertiary/aromatic N) is 4. The number of benzene rings is 2. The summed E-state index contributed by atoms with van der Waals surface area (Å²) in [6, 6.07) is 14.8. The molecule has 5 aromatic rings. The Labute approximate surface area is 211 Å². The third-order valence-electron chi connectivity index (χ3n) is 5.37. The molecule has 0 spiro atoms. The van der Waals surface area contributed by atoms with Crippen molar-refractivity contribution in [3.8, 4) is 34.1 Å². The number of ether oxygens (including phenoxy) is 1. The first-order valence-corrected chi connectivity index (χ1v) is 13.3. The molecule has 0 fully saturated rings. The Morgan fingerprint density at radius 3 is 2.56 bits per heavy atom. The molecule has 0 saturated carbocycles. The van der Waals surface area contributed by atoms with E-state index in [9.17, 15) is 13.5 Å². The van der Waals surface area contributed by atoms with Gasteiger partial charge in [0.15, 0.2) is 4.96 Å². The highest BCUT2D eigenvalue weighted by atomic mass is 32.2. The average Bonchev–Trinajstić information content (AvgIpc) is 3.49. The van der Waals surface area contributed by atoms with Crippen molar-refractivity contribution in [1.82, 2.24) is 24.1 Å². The first kappa shape index (κ1) is 23.7. The number of aromatic nitrogens is 4. The summed E-state index contributed by atoms with van der Waals surface area (Å²) in [6.45, 7) is 0.391. The van der Waals surface area contributed by atoms with E-state index in [1.54, 1.807) is 13.3 Å². The molecule has 0 aliphatic carbocycles. The van der Waals surface area contributed by atoms with E-state index in [0.29, 0.717) is 11.6 Å². The van der Waals surface area contributed by atoms with Crippen LogP contribution in [0, 0.1) is 0 Å². The molecule has 0 aliphatic heterocycles. The maximum atomic E-state index is 12.4. The van der Waals surface area contributed by atoms with E-state index in [2.05, 4.69) is 20.0 Å². The molecule has 0 atom stereocenters. The van der Waals surface area contributed by atoms with Crippen LogP contribution in [0.2, 0.25) is 0 Å². The molecule has 3 heterocycles. The Morgan fingerprint density at radius 2 is 1.81 bits per heavy atom. The number of imidazole rings is 1. The number of fused-ring (bicyclic) bond motifs is 1. The zero-order valence-corrected chi connectivity index (χ0v) is 20.8. The fourth-order valence-corrected chi connectivity index (χ4v) is 5.37. The molecule has 10 nitrogen and oxygen atoms in total. The molecule has 0 aliphatic rings. The van der Waals surface area contributed by atoms with E-state index < -0.39 is 10.0 Å². The number of thiazole rings is 1. The van der Waals surface area contributed by atoms with Gasteiger partial charge in [-0.25, -0.2) is 28.1 Å². The molecular formula is C24H22N6O4S2. The van der Waals surface area contributed by atoms with Crippen molar-refractivity contribution in [3.63, 3.8) is 0 Å². The zero-order chi connectivity index (χ0) is 25.1. The van der Waals surface area contributed by atoms with E-state index >= 15 is 0 Å². The number of rotatable bonds is 9. The molecule has 0 unspecified atom stereocenters. The number of hydrogen-bond acceptors (Lipinski definition) is 9. The smallest absolute Gasteiger partial charge is 0.240 e. The Bertz CT molecular complexity index is 1600. The van der Waals surface area contributed by atoms with Crippen LogP contribution in [0.5, 0.6) is 11.5 Å². The number of methoxy groups -OCH3 is 1. The molecule has 0 bridgehead atoms. The number of nitrogens with one attached hydrogen (secondary N) is 2. The quantitative estimate of drug-likeness (QED) is 0.250. The van der Waals surface area contributed by atoms with Crippen molar-refractivity contribution in [2.45, 2.75) is 4.90 Å². The van der Waals surface area contributed by atoms with Gasteiger partial charge in [0.2, 0.25) is 16.0 Å². The van der Waals surface area contributed by atoms with E-state index in [0.717, 1.165) is 27.7 Å². The van der Waals surface area contributed by atoms with Gasteiger partial charge in [0.25, 0.3) is 0 Å². The first-order chi connectivity index (χ1) is 17.4. The van der Waals surface area contributed by atoms with Crippen molar-refractivity contribution < 1.29 is 18.3 Å².